The number of ether oxygens (including phenoxy) is 1. The van der Waals surface area contributed by atoms with Crippen LogP contribution < -0.4 is 20.4 Å². The summed E-state index contributed by atoms with van der Waals surface area (Å²) in [6.07, 6.45) is 5.09. The molecule has 1 amide bonds. The SMILES string of the molecule is Cc1c(N=c2scc(-c3ccc4c(c3)NC(=O)CO4)n2N=Cc2cccnc2)c(=O)n(-c2ccccc2)n1C. The number of amides is 1. The molecular formula is C28H23N7O3S. The molecule has 0 saturated heterocycles. The molecule has 10 nitrogen and oxygen atoms in total. The van der Waals surface area contributed by atoms with Crippen LogP contribution in [0.25, 0.3) is 16.9 Å². The molecule has 2 aromatic carbocycles. The topological polar surface area (TPSA) is 108 Å². The molecule has 0 atom stereocenters. The van der Waals surface area contributed by atoms with E-state index in [2.05, 4.69) is 10.3 Å². The number of hydrogen-bond acceptors (Lipinski definition) is 7. The minimum atomic E-state index is -0.229. The summed E-state index contributed by atoms with van der Waals surface area (Å²) in [5, 5.41) is 9.48. The van der Waals surface area contributed by atoms with Gasteiger partial charge < -0.3 is 10.1 Å². The van der Waals surface area contributed by atoms with Gasteiger partial charge in [-0.05, 0) is 43.3 Å². The van der Waals surface area contributed by atoms with E-state index >= 15 is 0 Å². The van der Waals surface area contributed by atoms with E-state index in [4.69, 9.17) is 14.8 Å². The van der Waals surface area contributed by atoms with Crippen LogP contribution in [0.4, 0.5) is 11.4 Å². The molecule has 194 valence electrons. The van der Waals surface area contributed by atoms with Crippen LogP contribution in [0.15, 0.2) is 93.3 Å². The number of hydrogen-bond donors (Lipinski definition) is 1. The molecule has 39 heavy (non-hydrogen) atoms. The molecule has 0 saturated carbocycles. The third kappa shape index (κ3) is 4.59. The summed E-state index contributed by atoms with van der Waals surface area (Å²) in [7, 11) is 1.83. The van der Waals surface area contributed by atoms with E-state index in [0.717, 1.165) is 28.2 Å². The van der Waals surface area contributed by atoms with Gasteiger partial charge in [0.25, 0.3) is 11.5 Å². The number of para-hydroxylation sites is 1. The first-order valence-electron chi connectivity index (χ1n) is 12.1. The molecule has 0 bridgehead atoms. The van der Waals surface area contributed by atoms with Crippen molar-refractivity contribution in [3.05, 3.63) is 105 Å². The number of benzene rings is 2. The lowest BCUT2D eigenvalue weighted by Crippen LogP contribution is -2.25. The standard InChI is InChI=1S/C28H23N7O3S/c1-18-26(27(37)35(33(18)2)21-8-4-3-5-9-21)32-28-34(30-15-19-7-6-12-29-14-19)23(17-39-28)20-10-11-24-22(13-20)31-25(36)16-38-24/h3-15,17H,16H2,1-2H3,(H,31,36). The minimum absolute atomic E-state index is 0.0137. The van der Waals surface area contributed by atoms with Gasteiger partial charge in [0.1, 0.15) is 5.75 Å². The molecule has 5 aromatic rings. The Morgan fingerprint density at radius 3 is 2.74 bits per heavy atom. The van der Waals surface area contributed by atoms with Gasteiger partial charge in [-0.2, -0.15) is 5.10 Å². The van der Waals surface area contributed by atoms with Gasteiger partial charge in [-0.15, -0.1) is 11.3 Å². The lowest BCUT2D eigenvalue weighted by Gasteiger charge is -2.18. The Morgan fingerprint density at radius 1 is 1.10 bits per heavy atom. The molecule has 0 radical (unpaired) electrons. The Labute approximate surface area is 226 Å². The highest BCUT2D eigenvalue weighted by Crippen LogP contribution is 2.33. The highest BCUT2D eigenvalue weighted by atomic mass is 32.1. The number of carbonyl (C=O) groups is 1. The first-order chi connectivity index (χ1) is 19.0. The molecule has 0 aliphatic carbocycles. The number of thiazole rings is 1. The zero-order valence-electron chi connectivity index (χ0n) is 21.1. The normalized spacial score (nSPS) is 13.4. The fourth-order valence-corrected chi connectivity index (χ4v) is 5.13. The number of rotatable bonds is 5. The monoisotopic (exact) mass is 537 g/mol. The van der Waals surface area contributed by atoms with Gasteiger partial charge in [0, 0.05) is 35.9 Å². The van der Waals surface area contributed by atoms with Crippen molar-refractivity contribution in [1.29, 1.82) is 0 Å². The van der Waals surface area contributed by atoms with Crippen LogP contribution in [0.3, 0.4) is 0 Å². The maximum absolute atomic E-state index is 13.5. The van der Waals surface area contributed by atoms with Gasteiger partial charge in [0.2, 0.25) is 4.80 Å². The van der Waals surface area contributed by atoms with Crippen LogP contribution in [-0.4, -0.2) is 37.8 Å². The molecule has 1 aliphatic heterocycles. The molecule has 11 heteroatoms. The van der Waals surface area contributed by atoms with Crippen molar-refractivity contribution in [2.45, 2.75) is 6.92 Å². The van der Waals surface area contributed by atoms with Crippen LogP contribution >= 0.6 is 11.3 Å². The second-order valence-electron chi connectivity index (χ2n) is 8.82. The Kier molecular flexibility index (Phi) is 6.25. The largest absolute Gasteiger partial charge is 0.482 e. The Balaban J connectivity index is 1.52. The van der Waals surface area contributed by atoms with Crippen LogP contribution in [-0.2, 0) is 11.8 Å². The van der Waals surface area contributed by atoms with Crippen molar-refractivity contribution in [1.82, 2.24) is 19.0 Å². The molecule has 1 aliphatic rings. The van der Waals surface area contributed by atoms with E-state index in [1.165, 1.54) is 11.3 Å². The van der Waals surface area contributed by atoms with E-state index in [1.807, 2.05) is 80.0 Å². The number of nitrogens with one attached hydrogen (secondary N) is 1. The minimum Gasteiger partial charge on any atom is -0.482 e. The maximum atomic E-state index is 13.5. The second-order valence-corrected chi connectivity index (χ2v) is 9.65. The van der Waals surface area contributed by atoms with Gasteiger partial charge in [0.05, 0.1) is 29.0 Å². The number of carbonyl (C=O) groups excluding carboxylic acids is 1. The van der Waals surface area contributed by atoms with E-state index < -0.39 is 0 Å². The summed E-state index contributed by atoms with van der Waals surface area (Å²) in [4.78, 5) is 34.9. The lowest BCUT2D eigenvalue weighted by atomic mass is 10.1. The average Bonchev–Trinajstić information content (AvgIpc) is 3.46. The smallest absolute Gasteiger partial charge is 0.297 e. The maximum Gasteiger partial charge on any atom is 0.297 e. The summed E-state index contributed by atoms with van der Waals surface area (Å²) < 4.78 is 10.6. The number of fused-ring (bicyclic) bond motifs is 1. The van der Waals surface area contributed by atoms with Crippen LogP contribution in [0.5, 0.6) is 5.75 Å². The van der Waals surface area contributed by atoms with E-state index in [1.54, 1.807) is 32.6 Å². The summed E-state index contributed by atoms with van der Waals surface area (Å²) in [5.41, 5.74) is 4.49. The van der Waals surface area contributed by atoms with Gasteiger partial charge in [-0.1, -0.05) is 24.3 Å². The average molecular weight is 538 g/mol. The highest BCUT2D eigenvalue weighted by molar-refractivity contribution is 7.07. The Hall–Kier alpha value is -5.03. The van der Waals surface area contributed by atoms with Crippen molar-refractivity contribution >= 4 is 34.8 Å². The zero-order chi connectivity index (χ0) is 26.9. The molecule has 6 rings (SSSR count). The predicted octanol–water partition coefficient (Wildman–Crippen LogP) is 3.85. The summed E-state index contributed by atoms with van der Waals surface area (Å²) in [6, 6.07) is 18.7. The van der Waals surface area contributed by atoms with Crippen molar-refractivity contribution in [2.75, 3.05) is 11.9 Å². The van der Waals surface area contributed by atoms with Crippen molar-refractivity contribution in [3.8, 4) is 22.7 Å². The molecule has 0 spiro atoms. The number of nitrogens with zero attached hydrogens (tertiary/aromatic N) is 6. The molecule has 0 unspecified atom stereocenters. The number of anilines is 1. The first kappa shape index (κ1) is 24.3. The quantitative estimate of drug-likeness (QED) is 0.344. The fourth-order valence-electron chi connectivity index (χ4n) is 4.28. The fraction of sp³-hybridized carbons (Fsp3) is 0.107. The molecule has 1 N–H and O–H groups in total. The first-order valence-corrected chi connectivity index (χ1v) is 13.0. The highest BCUT2D eigenvalue weighted by Gasteiger charge is 2.19. The lowest BCUT2D eigenvalue weighted by molar-refractivity contribution is -0.118. The third-order valence-corrected chi connectivity index (χ3v) is 7.15. The molecule has 3 aromatic heterocycles. The Morgan fingerprint density at radius 2 is 1.95 bits per heavy atom. The van der Waals surface area contributed by atoms with Crippen LogP contribution in [0.1, 0.15) is 11.3 Å². The van der Waals surface area contributed by atoms with E-state index in [0.29, 0.717) is 21.9 Å². The molecule has 4 heterocycles. The Bertz CT molecular complexity index is 1850. The van der Waals surface area contributed by atoms with E-state index in [-0.39, 0.29) is 18.1 Å². The zero-order valence-corrected chi connectivity index (χ0v) is 21.9. The van der Waals surface area contributed by atoms with Gasteiger partial charge in [-0.25, -0.2) is 14.4 Å². The molecule has 0 fully saturated rings. The van der Waals surface area contributed by atoms with Gasteiger partial charge >= 0.3 is 0 Å². The number of pyridine rings is 1. The van der Waals surface area contributed by atoms with Gasteiger partial charge in [-0.3, -0.25) is 19.3 Å². The van der Waals surface area contributed by atoms with Crippen molar-refractivity contribution in [2.24, 2.45) is 17.1 Å². The number of aromatic nitrogens is 4. The second kappa shape index (κ2) is 10.0. The summed E-state index contributed by atoms with van der Waals surface area (Å²) in [6.45, 7) is 1.85. The predicted molar refractivity (Wildman–Crippen MR) is 150 cm³/mol. The van der Waals surface area contributed by atoms with Crippen molar-refractivity contribution in [3.63, 3.8) is 0 Å². The summed E-state index contributed by atoms with van der Waals surface area (Å²) >= 11 is 1.36. The third-order valence-electron chi connectivity index (χ3n) is 6.33. The van der Waals surface area contributed by atoms with E-state index in [9.17, 15) is 9.59 Å². The van der Waals surface area contributed by atoms with Crippen LogP contribution in [0.2, 0.25) is 0 Å². The van der Waals surface area contributed by atoms with Crippen LogP contribution in [0, 0.1) is 6.92 Å². The summed E-state index contributed by atoms with van der Waals surface area (Å²) in [5.74, 6) is 0.391. The van der Waals surface area contributed by atoms with Gasteiger partial charge in [0.15, 0.2) is 12.3 Å². The molecular weight excluding hydrogens is 514 g/mol. The van der Waals surface area contributed by atoms with Crippen molar-refractivity contribution < 1.29 is 9.53 Å².